The summed E-state index contributed by atoms with van der Waals surface area (Å²) in [6.45, 7) is 1.56. The van der Waals surface area contributed by atoms with Gasteiger partial charge in [-0.3, -0.25) is 4.98 Å². The van der Waals surface area contributed by atoms with Gasteiger partial charge in [0.15, 0.2) is 9.84 Å². The van der Waals surface area contributed by atoms with Crippen molar-refractivity contribution in [3.05, 3.63) is 36.8 Å². The lowest BCUT2D eigenvalue weighted by Crippen LogP contribution is -2.35. The van der Waals surface area contributed by atoms with Gasteiger partial charge in [-0.05, 0) is 12.8 Å². The molecule has 22 heavy (non-hydrogen) atoms. The molecule has 1 atom stereocenters. The molecule has 0 aliphatic carbocycles. The molecule has 0 radical (unpaired) electrons. The minimum absolute atomic E-state index is 0.0449. The molecule has 3 rings (SSSR count). The number of hydrogen-bond donors (Lipinski definition) is 0. The summed E-state index contributed by atoms with van der Waals surface area (Å²) in [5.41, 5.74) is 0.603. The average molecular weight is 319 g/mol. The summed E-state index contributed by atoms with van der Waals surface area (Å²) < 4.78 is 23.9. The molecule has 0 aromatic carbocycles. The Balaban J connectivity index is 1.90. The highest BCUT2D eigenvalue weighted by Crippen LogP contribution is 2.30. The molecule has 2 aromatic rings. The van der Waals surface area contributed by atoms with Crippen LogP contribution in [0.25, 0.3) is 0 Å². The predicted molar refractivity (Wildman–Crippen MR) is 81.4 cm³/mol. The lowest BCUT2D eigenvalue weighted by Gasteiger charge is -2.33. The summed E-state index contributed by atoms with van der Waals surface area (Å²) in [6.07, 6.45) is 10.9. The van der Waals surface area contributed by atoms with Gasteiger partial charge in [0, 0.05) is 43.9 Å². The van der Waals surface area contributed by atoms with E-state index in [4.69, 9.17) is 0 Å². The monoisotopic (exact) mass is 319 g/mol. The van der Waals surface area contributed by atoms with Crippen molar-refractivity contribution in [3.63, 3.8) is 0 Å². The van der Waals surface area contributed by atoms with E-state index in [1.807, 2.05) is 0 Å². The van der Waals surface area contributed by atoms with Crippen LogP contribution in [-0.2, 0) is 9.84 Å². The van der Waals surface area contributed by atoms with Crippen LogP contribution in [0.5, 0.6) is 0 Å². The average Bonchev–Trinajstić information content (AvgIpc) is 2.55. The minimum atomic E-state index is -3.34. The van der Waals surface area contributed by atoms with Crippen molar-refractivity contribution in [3.8, 4) is 0 Å². The highest BCUT2D eigenvalue weighted by Gasteiger charge is 2.28. The number of sulfone groups is 1. The van der Waals surface area contributed by atoms with Crippen LogP contribution in [0.1, 0.15) is 24.5 Å². The second kappa shape index (κ2) is 5.96. The number of piperidine rings is 1. The van der Waals surface area contributed by atoms with Crippen molar-refractivity contribution in [2.45, 2.75) is 23.7 Å². The van der Waals surface area contributed by atoms with Gasteiger partial charge in [0.25, 0.3) is 0 Å². The van der Waals surface area contributed by atoms with Crippen LogP contribution >= 0.6 is 0 Å². The molecular weight excluding hydrogens is 302 g/mol. The predicted octanol–water partition coefficient (Wildman–Crippen LogP) is 1.05. The summed E-state index contributed by atoms with van der Waals surface area (Å²) in [4.78, 5) is 18.8. The van der Waals surface area contributed by atoms with Crippen LogP contribution in [0.4, 0.5) is 5.82 Å². The lowest BCUT2D eigenvalue weighted by molar-refractivity contribution is 0.489. The minimum Gasteiger partial charge on any atom is -0.355 e. The third kappa shape index (κ3) is 3.06. The van der Waals surface area contributed by atoms with E-state index in [9.17, 15) is 8.42 Å². The molecule has 7 nitrogen and oxygen atoms in total. The maximum Gasteiger partial charge on any atom is 0.178 e. The molecule has 1 aliphatic heterocycles. The number of anilines is 1. The van der Waals surface area contributed by atoms with Gasteiger partial charge in [-0.25, -0.2) is 23.4 Å². The van der Waals surface area contributed by atoms with Crippen LogP contribution < -0.4 is 4.90 Å². The van der Waals surface area contributed by atoms with Gasteiger partial charge in [-0.15, -0.1) is 0 Å². The van der Waals surface area contributed by atoms with Crippen molar-refractivity contribution in [1.29, 1.82) is 0 Å². The normalized spacial score (nSPS) is 19.1. The number of nitrogens with zero attached hydrogens (tertiary/aromatic N) is 5. The molecule has 116 valence electrons. The van der Waals surface area contributed by atoms with Gasteiger partial charge in [0.1, 0.15) is 17.0 Å². The maximum atomic E-state index is 11.9. The largest absolute Gasteiger partial charge is 0.355 e. The Kier molecular flexibility index (Phi) is 4.02. The Morgan fingerprint density at radius 2 is 2.05 bits per heavy atom. The lowest BCUT2D eigenvalue weighted by atomic mass is 9.94. The summed E-state index contributed by atoms with van der Waals surface area (Å²) in [6, 6.07) is 0. The molecule has 0 unspecified atom stereocenters. The zero-order valence-corrected chi connectivity index (χ0v) is 13.1. The molecule has 0 saturated carbocycles. The third-order valence-electron chi connectivity index (χ3n) is 3.79. The summed E-state index contributed by atoms with van der Waals surface area (Å²) in [7, 11) is -3.34. The zero-order chi connectivity index (χ0) is 15.6. The number of aromatic nitrogens is 4. The first-order valence-electron chi connectivity index (χ1n) is 7.06. The summed E-state index contributed by atoms with van der Waals surface area (Å²) in [5, 5.41) is 0. The number of rotatable bonds is 3. The van der Waals surface area contributed by atoms with E-state index in [1.54, 1.807) is 18.6 Å². The first-order chi connectivity index (χ1) is 10.6. The summed E-state index contributed by atoms with van der Waals surface area (Å²) >= 11 is 0. The molecule has 0 N–H and O–H groups in total. The maximum absolute atomic E-state index is 11.9. The molecule has 1 fully saturated rings. The Labute approximate surface area is 129 Å². The smallest absolute Gasteiger partial charge is 0.178 e. The van der Waals surface area contributed by atoms with Gasteiger partial charge in [-0.2, -0.15) is 0 Å². The fraction of sp³-hybridized carbons (Fsp3) is 0.429. The van der Waals surface area contributed by atoms with Crippen LogP contribution in [0.15, 0.2) is 36.0 Å². The van der Waals surface area contributed by atoms with Crippen LogP contribution in [0.3, 0.4) is 0 Å². The van der Waals surface area contributed by atoms with E-state index >= 15 is 0 Å². The van der Waals surface area contributed by atoms with E-state index < -0.39 is 9.84 Å². The van der Waals surface area contributed by atoms with Gasteiger partial charge in [-0.1, -0.05) is 0 Å². The Morgan fingerprint density at radius 3 is 2.77 bits per heavy atom. The molecule has 3 heterocycles. The van der Waals surface area contributed by atoms with Crippen molar-refractivity contribution in [2.24, 2.45) is 0 Å². The number of hydrogen-bond acceptors (Lipinski definition) is 7. The third-order valence-corrected chi connectivity index (χ3v) is 4.90. The standard InChI is InChI=1S/C14H17N5O2S/c1-22(20,21)12-7-16-10-18-14(12)11-3-2-6-19(9-11)13-8-15-4-5-17-13/h4-5,7-8,10-11H,2-3,6,9H2,1H3/t11-/m0/s1. The molecule has 0 bridgehead atoms. The first kappa shape index (κ1) is 14.8. The topological polar surface area (TPSA) is 88.9 Å². The Bertz CT molecular complexity index is 751. The van der Waals surface area contributed by atoms with E-state index in [-0.39, 0.29) is 10.8 Å². The fourth-order valence-corrected chi connectivity index (χ4v) is 3.63. The quantitative estimate of drug-likeness (QED) is 0.835. The Hall–Kier alpha value is -2.09. The highest BCUT2D eigenvalue weighted by atomic mass is 32.2. The van der Waals surface area contributed by atoms with Crippen LogP contribution in [0, 0.1) is 0 Å². The molecular formula is C14H17N5O2S. The first-order valence-corrected chi connectivity index (χ1v) is 8.96. The molecule has 2 aromatic heterocycles. The molecule has 1 aliphatic rings. The second-order valence-corrected chi connectivity index (χ2v) is 7.38. The van der Waals surface area contributed by atoms with Gasteiger partial charge in [0.2, 0.25) is 0 Å². The summed E-state index contributed by atoms with van der Waals surface area (Å²) in [5.74, 6) is 0.852. The van der Waals surface area contributed by atoms with Gasteiger partial charge >= 0.3 is 0 Å². The molecule has 1 saturated heterocycles. The van der Waals surface area contributed by atoms with Crippen LogP contribution in [0.2, 0.25) is 0 Å². The van der Waals surface area contributed by atoms with E-state index in [1.165, 1.54) is 18.8 Å². The zero-order valence-electron chi connectivity index (χ0n) is 12.3. The van der Waals surface area contributed by atoms with Crippen molar-refractivity contribution in [2.75, 3.05) is 24.2 Å². The second-order valence-electron chi connectivity index (χ2n) is 5.39. The van der Waals surface area contributed by atoms with Crippen molar-refractivity contribution in [1.82, 2.24) is 19.9 Å². The highest BCUT2D eigenvalue weighted by molar-refractivity contribution is 7.90. The fourth-order valence-electron chi connectivity index (χ4n) is 2.78. The molecule has 0 spiro atoms. The van der Waals surface area contributed by atoms with Gasteiger partial charge in [0.05, 0.1) is 11.9 Å². The van der Waals surface area contributed by atoms with Gasteiger partial charge < -0.3 is 4.90 Å². The molecule has 0 amide bonds. The molecule has 8 heteroatoms. The van der Waals surface area contributed by atoms with E-state index in [2.05, 4.69) is 24.8 Å². The Morgan fingerprint density at radius 1 is 1.18 bits per heavy atom. The van der Waals surface area contributed by atoms with E-state index in [0.717, 1.165) is 25.2 Å². The van der Waals surface area contributed by atoms with Crippen molar-refractivity contribution >= 4 is 15.7 Å². The van der Waals surface area contributed by atoms with Crippen LogP contribution in [-0.4, -0.2) is 47.7 Å². The van der Waals surface area contributed by atoms with Crippen molar-refractivity contribution < 1.29 is 8.42 Å². The SMILES string of the molecule is CS(=O)(=O)c1cncnc1[C@H]1CCCN(c2cnccn2)C1. The van der Waals surface area contributed by atoms with E-state index in [0.29, 0.717) is 12.2 Å².